The van der Waals surface area contributed by atoms with E-state index in [2.05, 4.69) is 10.6 Å². The number of benzene rings is 1. The number of hydrogen-bond donors (Lipinski definition) is 2. The van der Waals surface area contributed by atoms with E-state index in [-0.39, 0.29) is 36.9 Å². The van der Waals surface area contributed by atoms with Crippen molar-refractivity contribution in [2.75, 3.05) is 25.5 Å². The third-order valence-corrected chi connectivity index (χ3v) is 2.63. The molecule has 0 fully saturated rings. The van der Waals surface area contributed by atoms with Crippen molar-refractivity contribution in [2.45, 2.75) is 13.3 Å². The van der Waals surface area contributed by atoms with Crippen molar-refractivity contribution >= 4 is 23.3 Å². The first-order chi connectivity index (χ1) is 9.99. The topological polar surface area (TPSA) is 111 Å². The van der Waals surface area contributed by atoms with Crippen LogP contribution in [0.3, 0.4) is 0 Å². The van der Waals surface area contributed by atoms with E-state index in [1.54, 1.807) is 6.92 Å². The van der Waals surface area contributed by atoms with Crippen LogP contribution in [0, 0.1) is 10.1 Å². The van der Waals surface area contributed by atoms with E-state index in [9.17, 15) is 19.7 Å². The standard InChI is InChI=1S/C13H17N3O5/c1-3-21-12(17)6-7-15-10-8-9(13(18)14-2)4-5-11(10)16(19)20/h4-5,8,15H,3,6-7H2,1-2H3,(H,14,18). The molecule has 0 saturated heterocycles. The number of rotatable bonds is 7. The number of esters is 1. The fourth-order valence-corrected chi connectivity index (χ4v) is 1.65. The fourth-order valence-electron chi connectivity index (χ4n) is 1.65. The Morgan fingerprint density at radius 1 is 1.38 bits per heavy atom. The van der Waals surface area contributed by atoms with Crippen molar-refractivity contribution in [2.24, 2.45) is 0 Å². The number of carbonyl (C=O) groups is 2. The van der Waals surface area contributed by atoms with Gasteiger partial charge in [-0.15, -0.1) is 0 Å². The summed E-state index contributed by atoms with van der Waals surface area (Å²) in [6.45, 7) is 2.16. The molecular weight excluding hydrogens is 278 g/mol. The van der Waals surface area contributed by atoms with Crippen LogP contribution in [0.4, 0.5) is 11.4 Å². The second kappa shape index (κ2) is 7.83. The SMILES string of the molecule is CCOC(=O)CCNc1cc(C(=O)NC)ccc1[N+](=O)[O-]. The van der Waals surface area contributed by atoms with Crippen molar-refractivity contribution in [3.05, 3.63) is 33.9 Å². The Hall–Kier alpha value is -2.64. The predicted molar refractivity (Wildman–Crippen MR) is 76.2 cm³/mol. The lowest BCUT2D eigenvalue weighted by molar-refractivity contribution is -0.384. The number of anilines is 1. The molecule has 0 aliphatic rings. The quantitative estimate of drug-likeness (QED) is 0.446. The smallest absolute Gasteiger partial charge is 0.307 e. The minimum atomic E-state index is -0.555. The molecule has 1 aromatic carbocycles. The summed E-state index contributed by atoms with van der Waals surface area (Å²) in [7, 11) is 1.47. The van der Waals surface area contributed by atoms with Gasteiger partial charge in [0.1, 0.15) is 5.69 Å². The third-order valence-electron chi connectivity index (χ3n) is 2.63. The van der Waals surface area contributed by atoms with Crippen LogP contribution in [-0.4, -0.2) is 37.0 Å². The molecule has 0 aliphatic heterocycles. The van der Waals surface area contributed by atoms with Crippen molar-refractivity contribution in [1.29, 1.82) is 0 Å². The molecule has 21 heavy (non-hydrogen) atoms. The molecule has 0 unspecified atom stereocenters. The Labute approximate surface area is 121 Å². The Balaban J connectivity index is 2.84. The second-order valence-corrected chi connectivity index (χ2v) is 4.05. The Morgan fingerprint density at radius 2 is 2.10 bits per heavy atom. The minimum absolute atomic E-state index is 0.0786. The molecule has 0 heterocycles. The summed E-state index contributed by atoms with van der Waals surface area (Å²) in [5.41, 5.74) is 0.318. The molecule has 0 bridgehead atoms. The summed E-state index contributed by atoms with van der Waals surface area (Å²) >= 11 is 0. The fraction of sp³-hybridized carbons (Fsp3) is 0.385. The largest absolute Gasteiger partial charge is 0.466 e. The maximum atomic E-state index is 11.5. The Morgan fingerprint density at radius 3 is 2.67 bits per heavy atom. The average Bonchev–Trinajstić information content (AvgIpc) is 2.46. The number of nitro groups is 1. The summed E-state index contributed by atoms with van der Waals surface area (Å²) in [6.07, 6.45) is 0.0786. The molecular formula is C13H17N3O5. The normalized spacial score (nSPS) is 9.81. The van der Waals surface area contributed by atoms with Crippen LogP contribution in [-0.2, 0) is 9.53 Å². The summed E-state index contributed by atoms with van der Waals surface area (Å²) in [5, 5.41) is 16.2. The van der Waals surface area contributed by atoms with Crippen molar-refractivity contribution in [3.63, 3.8) is 0 Å². The van der Waals surface area contributed by atoms with E-state index in [1.807, 2.05) is 0 Å². The van der Waals surface area contributed by atoms with Gasteiger partial charge in [-0.25, -0.2) is 0 Å². The summed E-state index contributed by atoms with van der Waals surface area (Å²) in [5.74, 6) is -0.742. The van der Waals surface area contributed by atoms with Gasteiger partial charge in [0, 0.05) is 25.2 Å². The lowest BCUT2D eigenvalue weighted by atomic mass is 10.1. The van der Waals surface area contributed by atoms with Crippen LogP contribution >= 0.6 is 0 Å². The van der Waals surface area contributed by atoms with E-state index in [4.69, 9.17) is 4.74 Å². The minimum Gasteiger partial charge on any atom is -0.466 e. The van der Waals surface area contributed by atoms with Gasteiger partial charge in [0.2, 0.25) is 0 Å². The Bertz CT molecular complexity index is 545. The van der Waals surface area contributed by atoms with Gasteiger partial charge in [0.15, 0.2) is 0 Å². The molecule has 0 atom stereocenters. The zero-order valence-corrected chi connectivity index (χ0v) is 11.8. The molecule has 0 saturated carbocycles. The molecule has 0 aromatic heterocycles. The van der Waals surface area contributed by atoms with Gasteiger partial charge in [0.25, 0.3) is 11.6 Å². The summed E-state index contributed by atoms with van der Waals surface area (Å²) in [4.78, 5) is 33.1. The third kappa shape index (κ3) is 4.75. The van der Waals surface area contributed by atoms with E-state index in [0.717, 1.165) is 0 Å². The van der Waals surface area contributed by atoms with E-state index < -0.39 is 10.9 Å². The van der Waals surface area contributed by atoms with Crippen LogP contribution in [0.15, 0.2) is 18.2 Å². The number of carbonyl (C=O) groups excluding carboxylic acids is 2. The van der Waals surface area contributed by atoms with Crippen molar-refractivity contribution in [3.8, 4) is 0 Å². The van der Waals surface area contributed by atoms with E-state index in [0.29, 0.717) is 5.56 Å². The molecule has 1 amide bonds. The number of amides is 1. The van der Waals surface area contributed by atoms with Gasteiger partial charge in [0.05, 0.1) is 18.0 Å². The lowest BCUT2D eigenvalue weighted by Crippen LogP contribution is -2.18. The second-order valence-electron chi connectivity index (χ2n) is 4.05. The van der Waals surface area contributed by atoms with Gasteiger partial charge < -0.3 is 15.4 Å². The first kappa shape index (κ1) is 16.4. The maximum absolute atomic E-state index is 11.5. The average molecular weight is 295 g/mol. The molecule has 8 nitrogen and oxygen atoms in total. The van der Waals surface area contributed by atoms with Gasteiger partial charge in [-0.1, -0.05) is 0 Å². The first-order valence-electron chi connectivity index (χ1n) is 6.39. The van der Waals surface area contributed by atoms with Crippen LogP contribution in [0.5, 0.6) is 0 Å². The highest BCUT2D eigenvalue weighted by molar-refractivity contribution is 5.95. The van der Waals surface area contributed by atoms with Crippen LogP contribution < -0.4 is 10.6 Å². The zero-order chi connectivity index (χ0) is 15.8. The highest BCUT2D eigenvalue weighted by Gasteiger charge is 2.16. The first-order valence-corrected chi connectivity index (χ1v) is 6.39. The summed E-state index contributed by atoms with van der Waals surface area (Å²) < 4.78 is 4.76. The number of hydrogen-bond acceptors (Lipinski definition) is 6. The van der Waals surface area contributed by atoms with E-state index >= 15 is 0 Å². The highest BCUT2D eigenvalue weighted by atomic mass is 16.6. The van der Waals surface area contributed by atoms with Gasteiger partial charge in [-0.3, -0.25) is 19.7 Å². The monoisotopic (exact) mass is 295 g/mol. The number of nitrogens with zero attached hydrogens (tertiary/aromatic N) is 1. The van der Waals surface area contributed by atoms with Crippen molar-refractivity contribution in [1.82, 2.24) is 5.32 Å². The Kier molecular flexibility index (Phi) is 6.12. The van der Waals surface area contributed by atoms with Crippen molar-refractivity contribution < 1.29 is 19.2 Å². The molecule has 0 aliphatic carbocycles. The lowest BCUT2D eigenvalue weighted by Gasteiger charge is -2.08. The maximum Gasteiger partial charge on any atom is 0.307 e. The molecule has 114 valence electrons. The zero-order valence-electron chi connectivity index (χ0n) is 11.8. The molecule has 0 spiro atoms. The molecule has 8 heteroatoms. The van der Waals surface area contributed by atoms with Crippen LogP contribution in [0.1, 0.15) is 23.7 Å². The number of nitro benzene ring substituents is 1. The number of nitrogens with one attached hydrogen (secondary N) is 2. The highest BCUT2D eigenvalue weighted by Crippen LogP contribution is 2.25. The number of ether oxygens (including phenoxy) is 1. The van der Waals surface area contributed by atoms with Crippen LogP contribution in [0.2, 0.25) is 0 Å². The van der Waals surface area contributed by atoms with Gasteiger partial charge >= 0.3 is 5.97 Å². The predicted octanol–water partition coefficient (Wildman–Crippen LogP) is 1.32. The van der Waals surface area contributed by atoms with Gasteiger partial charge in [-0.05, 0) is 19.1 Å². The molecule has 0 radical (unpaired) electrons. The molecule has 1 aromatic rings. The molecule has 2 N–H and O–H groups in total. The molecule has 1 rings (SSSR count). The summed E-state index contributed by atoms with van der Waals surface area (Å²) in [6, 6.07) is 3.99. The van der Waals surface area contributed by atoms with Crippen LogP contribution in [0.25, 0.3) is 0 Å². The van der Waals surface area contributed by atoms with E-state index in [1.165, 1.54) is 25.2 Å². The van der Waals surface area contributed by atoms with Gasteiger partial charge in [-0.2, -0.15) is 0 Å².